The van der Waals surface area contributed by atoms with Gasteiger partial charge in [-0.15, -0.1) is 0 Å². The molecule has 0 fully saturated rings. The highest BCUT2D eigenvalue weighted by Crippen LogP contribution is 2.28. The largest absolute Gasteiger partial charge is 0.359 e. The second kappa shape index (κ2) is 6.29. The van der Waals surface area contributed by atoms with Crippen molar-refractivity contribution < 1.29 is 4.92 Å². The number of rotatable bonds is 6. The van der Waals surface area contributed by atoms with Crippen LogP contribution in [0.4, 0.5) is 11.5 Å². The Morgan fingerprint density at radius 2 is 2.10 bits per heavy atom. The lowest BCUT2D eigenvalue weighted by Crippen LogP contribution is -2.10. The van der Waals surface area contributed by atoms with Crippen molar-refractivity contribution in [3.8, 4) is 0 Å². The van der Waals surface area contributed by atoms with Crippen molar-refractivity contribution in [2.24, 2.45) is 0 Å². The van der Waals surface area contributed by atoms with Crippen molar-refractivity contribution in [3.63, 3.8) is 0 Å². The average Bonchev–Trinajstić information content (AvgIpc) is 2.74. The van der Waals surface area contributed by atoms with Crippen LogP contribution >= 0.6 is 0 Å². The maximum Gasteiger partial charge on any atom is 0.333 e. The molecule has 2 aromatic rings. The van der Waals surface area contributed by atoms with Gasteiger partial charge in [-0.2, -0.15) is 5.10 Å². The number of hydrogen-bond acceptors (Lipinski definition) is 6. The van der Waals surface area contributed by atoms with Gasteiger partial charge in [0.1, 0.15) is 5.69 Å². The molecule has 2 rings (SSSR count). The highest BCUT2D eigenvalue weighted by Gasteiger charge is 2.24. The van der Waals surface area contributed by atoms with E-state index in [0.29, 0.717) is 24.6 Å². The quantitative estimate of drug-likeness (QED) is 0.647. The van der Waals surface area contributed by atoms with E-state index in [1.807, 2.05) is 13.8 Å². The Hall–Kier alpha value is -2.51. The van der Waals surface area contributed by atoms with Crippen molar-refractivity contribution in [2.75, 3.05) is 5.32 Å². The fourth-order valence-corrected chi connectivity index (χ4v) is 2.02. The number of aromatic nitrogens is 4. The second-order valence-corrected chi connectivity index (χ2v) is 4.77. The normalized spacial score (nSPS) is 10.6. The molecule has 2 aromatic heterocycles. The number of aryl methyl sites for hydroxylation is 3. The fourth-order valence-electron chi connectivity index (χ4n) is 2.02. The first-order valence-corrected chi connectivity index (χ1v) is 6.76. The van der Waals surface area contributed by atoms with E-state index in [-0.39, 0.29) is 5.69 Å². The summed E-state index contributed by atoms with van der Waals surface area (Å²) in [7, 11) is 0. The SMILES string of the molecule is CCCn1nc(C)c([N+](=O)[O-])c1NCc1cnc(C)cn1. The van der Waals surface area contributed by atoms with E-state index in [2.05, 4.69) is 20.4 Å². The minimum absolute atomic E-state index is 0.0171. The first-order chi connectivity index (χ1) is 10.0. The number of nitro groups is 1. The summed E-state index contributed by atoms with van der Waals surface area (Å²) in [4.78, 5) is 19.2. The summed E-state index contributed by atoms with van der Waals surface area (Å²) in [6.07, 6.45) is 4.17. The first-order valence-electron chi connectivity index (χ1n) is 6.76. The Bertz CT molecular complexity index is 635. The molecule has 0 aromatic carbocycles. The summed E-state index contributed by atoms with van der Waals surface area (Å²) in [5, 5.41) is 18.5. The Morgan fingerprint density at radius 3 is 2.67 bits per heavy atom. The van der Waals surface area contributed by atoms with E-state index in [1.165, 1.54) is 0 Å². The number of hydrogen-bond donors (Lipinski definition) is 1. The molecular weight excluding hydrogens is 272 g/mol. The number of nitrogens with zero attached hydrogens (tertiary/aromatic N) is 5. The smallest absolute Gasteiger partial charge is 0.333 e. The van der Waals surface area contributed by atoms with Crippen LogP contribution in [0.3, 0.4) is 0 Å². The van der Waals surface area contributed by atoms with Gasteiger partial charge in [-0.05, 0) is 20.3 Å². The van der Waals surface area contributed by atoms with Crippen molar-refractivity contribution in [1.82, 2.24) is 19.7 Å². The van der Waals surface area contributed by atoms with Gasteiger partial charge >= 0.3 is 5.69 Å². The van der Waals surface area contributed by atoms with Crippen LogP contribution in [0.15, 0.2) is 12.4 Å². The summed E-state index contributed by atoms with van der Waals surface area (Å²) < 4.78 is 1.63. The van der Waals surface area contributed by atoms with Crippen LogP contribution in [0.25, 0.3) is 0 Å². The van der Waals surface area contributed by atoms with E-state index < -0.39 is 4.92 Å². The molecule has 0 saturated carbocycles. The molecule has 1 N–H and O–H groups in total. The molecule has 8 nitrogen and oxygen atoms in total. The van der Waals surface area contributed by atoms with E-state index in [9.17, 15) is 10.1 Å². The Morgan fingerprint density at radius 1 is 1.33 bits per heavy atom. The lowest BCUT2D eigenvalue weighted by molar-refractivity contribution is -0.384. The summed E-state index contributed by atoms with van der Waals surface area (Å²) in [6.45, 7) is 6.48. The van der Waals surface area contributed by atoms with Crippen LogP contribution in [0.5, 0.6) is 0 Å². The zero-order valence-electron chi connectivity index (χ0n) is 12.3. The molecule has 0 aliphatic rings. The number of nitrogens with one attached hydrogen (secondary N) is 1. The zero-order valence-corrected chi connectivity index (χ0v) is 12.3. The highest BCUT2D eigenvalue weighted by molar-refractivity contribution is 5.59. The van der Waals surface area contributed by atoms with Gasteiger partial charge in [0.05, 0.1) is 29.1 Å². The standard InChI is InChI=1S/C13H18N6O2/c1-4-5-18-13(12(19(20)21)10(3)17-18)16-8-11-7-14-9(2)6-15-11/h6-7,16H,4-5,8H2,1-3H3. The third-order valence-corrected chi connectivity index (χ3v) is 2.99. The van der Waals surface area contributed by atoms with Crippen molar-refractivity contribution in [3.05, 3.63) is 39.6 Å². The van der Waals surface area contributed by atoms with Gasteiger partial charge in [0.25, 0.3) is 0 Å². The van der Waals surface area contributed by atoms with Crippen LogP contribution in [0, 0.1) is 24.0 Å². The van der Waals surface area contributed by atoms with Gasteiger partial charge in [-0.1, -0.05) is 6.92 Å². The molecule has 0 atom stereocenters. The molecule has 21 heavy (non-hydrogen) atoms. The number of anilines is 1. The summed E-state index contributed by atoms with van der Waals surface area (Å²) >= 11 is 0. The van der Waals surface area contributed by atoms with E-state index in [0.717, 1.165) is 17.8 Å². The molecule has 8 heteroatoms. The summed E-state index contributed by atoms with van der Waals surface area (Å²) in [5.74, 6) is 0.418. The monoisotopic (exact) mass is 290 g/mol. The van der Waals surface area contributed by atoms with Gasteiger partial charge in [0, 0.05) is 12.7 Å². The molecule has 0 bridgehead atoms. The van der Waals surface area contributed by atoms with Gasteiger partial charge in [-0.3, -0.25) is 20.1 Å². The van der Waals surface area contributed by atoms with Crippen LogP contribution in [-0.4, -0.2) is 24.7 Å². The van der Waals surface area contributed by atoms with E-state index in [1.54, 1.807) is 24.0 Å². The van der Waals surface area contributed by atoms with Gasteiger partial charge in [-0.25, -0.2) is 4.68 Å². The van der Waals surface area contributed by atoms with Gasteiger partial charge < -0.3 is 5.32 Å². The van der Waals surface area contributed by atoms with Crippen LogP contribution in [-0.2, 0) is 13.1 Å². The molecule has 0 aliphatic heterocycles. The average molecular weight is 290 g/mol. The van der Waals surface area contributed by atoms with Crippen LogP contribution < -0.4 is 5.32 Å². The molecule has 0 aliphatic carbocycles. The third kappa shape index (κ3) is 3.33. The lowest BCUT2D eigenvalue weighted by atomic mass is 10.3. The highest BCUT2D eigenvalue weighted by atomic mass is 16.6. The van der Waals surface area contributed by atoms with Crippen LogP contribution in [0.1, 0.15) is 30.4 Å². The molecule has 0 spiro atoms. The van der Waals surface area contributed by atoms with Gasteiger partial charge in [0.15, 0.2) is 0 Å². The minimum Gasteiger partial charge on any atom is -0.359 e. The molecule has 0 radical (unpaired) electrons. The van der Waals surface area contributed by atoms with Gasteiger partial charge in [0.2, 0.25) is 5.82 Å². The zero-order chi connectivity index (χ0) is 15.4. The maximum absolute atomic E-state index is 11.2. The summed E-state index contributed by atoms with van der Waals surface area (Å²) in [6, 6.07) is 0. The fraction of sp³-hybridized carbons (Fsp3) is 0.462. The van der Waals surface area contributed by atoms with Crippen molar-refractivity contribution in [2.45, 2.75) is 40.3 Å². The minimum atomic E-state index is -0.405. The predicted octanol–water partition coefficient (Wildman–Crippen LogP) is 2.22. The lowest BCUT2D eigenvalue weighted by Gasteiger charge is -2.08. The predicted molar refractivity (Wildman–Crippen MR) is 78.0 cm³/mol. The summed E-state index contributed by atoms with van der Waals surface area (Å²) in [5.41, 5.74) is 1.97. The second-order valence-electron chi connectivity index (χ2n) is 4.77. The first kappa shape index (κ1) is 14.9. The van der Waals surface area contributed by atoms with E-state index in [4.69, 9.17) is 0 Å². The Kier molecular flexibility index (Phi) is 4.46. The van der Waals surface area contributed by atoms with Crippen LogP contribution in [0.2, 0.25) is 0 Å². The molecular formula is C13H18N6O2. The third-order valence-electron chi connectivity index (χ3n) is 2.99. The van der Waals surface area contributed by atoms with Crippen molar-refractivity contribution >= 4 is 11.5 Å². The Balaban J connectivity index is 2.24. The molecule has 0 saturated heterocycles. The maximum atomic E-state index is 11.2. The van der Waals surface area contributed by atoms with Crippen molar-refractivity contribution in [1.29, 1.82) is 0 Å². The molecule has 112 valence electrons. The molecule has 0 unspecified atom stereocenters. The molecule has 0 amide bonds. The molecule has 2 heterocycles. The Labute approximate surface area is 122 Å². The topological polar surface area (TPSA) is 98.8 Å². The van der Waals surface area contributed by atoms with E-state index >= 15 is 0 Å².